The molecule has 0 radical (unpaired) electrons. The van der Waals surface area contributed by atoms with E-state index in [1.807, 2.05) is 6.92 Å². The Labute approximate surface area is 183 Å². The standard InChI is InChI=1S/C21H31N5O4S/c1-15-17-5-4-10-24(2)21(17)23-20(22-15)16-8-11-25(12-9-16)31(29,30)14-13-26-18(27)6-3-7-19(26)28/h16H,3-14H2,1-2H3. The lowest BCUT2D eigenvalue weighted by molar-refractivity contribution is -0.147. The second-order valence-electron chi connectivity index (χ2n) is 8.78. The number of amides is 2. The predicted octanol–water partition coefficient (Wildman–Crippen LogP) is 1.22. The van der Waals surface area contributed by atoms with E-state index in [9.17, 15) is 18.0 Å². The Bertz CT molecular complexity index is 956. The molecule has 0 spiro atoms. The first-order chi connectivity index (χ1) is 14.8. The number of carbonyl (C=O) groups excluding carboxylic acids is 2. The van der Waals surface area contributed by atoms with Gasteiger partial charge in [0.25, 0.3) is 0 Å². The number of sulfonamides is 1. The molecule has 2 amide bonds. The maximum atomic E-state index is 12.8. The third kappa shape index (κ3) is 4.59. The Balaban J connectivity index is 1.38. The molecule has 4 rings (SSSR count). The minimum absolute atomic E-state index is 0.0562. The lowest BCUT2D eigenvalue weighted by Crippen LogP contribution is -2.46. The molecule has 3 aliphatic rings. The van der Waals surface area contributed by atoms with Gasteiger partial charge in [0.2, 0.25) is 21.8 Å². The summed E-state index contributed by atoms with van der Waals surface area (Å²) in [5.74, 6) is 1.21. The molecule has 0 unspecified atom stereocenters. The van der Waals surface area contributed by atoms with Gasteiger partial charge in [-0.2, -0.15) is 0 Å². The van der Waals surface area contributed by atoms with E-state index in [4.69, 9.17) is 9.97 Å². The molecule has 1 aromatic rings. The van der Waals surface area contributed by atoms with Gasteiger partial charge in [-0.15, -0.1) is 0 Å². The number of aromatic nitrogens is 2. The zero-order chi connectivity index (χ0) is 22.2. The first-order valence-electron chi connectivity index (χ1n) is 11.2. The monoisotopic (exact) mass is 449 g/mol. The highest BCUT2D eigenvalue weighted by Gasteiger charge is 2.33. The number of hydrogen-bond donors (Lipinski definition) is 0. The Hall–Kier alpha value is -2.07. The van der Waals surface area contributed by atoms with Crippen molar-refractivity contribution in [3.63, 3.8) is 0 Å². The smallest absolute Gasteiger partial charge is 0.229 e. The average molecular weight is 450 g/mol. The Kier molecular flexibility index (Phi) is 6.30. The van der Waals surface area contributed by atoms with Crippen LogP contribution in [0.15, 0.2) is 0 Å². The van der Waals surface area contributed by atoms with Crippen LogP contribution < -0.4 is 4.90 Å². The second kappa shape index (κ2) is 8.82. The van der Waals surface area contributed by atoms with Gasteiger partial charge in [0.15, 0.2) is 0 Å². The van der Waals surface area contributed by atoms with Gasteiger partial charge in [-0.05, 0) is 39.0 Å². The highest BCUT2D eigenvalue weighted by atomic mass is 32.2. The van der Waals surface area contributed by atoms with Gasteiger partial charge < -0.3 is 4.90 Å². The molecule has 31 heavy (non-hydrogen) atoms. The number of anilines is 1. The minimum Gasteiger partial charge on any atom is -0.359 e. The van der Waals surface area contributed by atoms with Gasteiger partial charge in [0.1, 0.15) is 11.6 Å². The Morgan fingerprint density at radius 2 is 1.65 bits per heavy atom. The van der Waals surface area contributed by atoms with Crippen molar-refractivity contribution in [2.75, 3.05) is 43.9 Å². The molecule has 2 fully saturated rings. The molecular weight excluding hydrogens is 418 g/mol. The lowest BCUT2D eigenvalue weighted by Gasteiger charge is -2.33. The second-order valence-corrected chi connectivity index (χ2v) is 10.9. The van der Waals surface area contributed by atoms with Crippen LogP contribution in [-0.2, 0) is 26.0 Å². The molecule has 0 atom stereocenters. The molecule has 170 valence electrons. The van der Waals surface area contributed by atoms with Crippen molar-refractivity contribution in [2.45, 2.75) is 57.8 Å². The minimum atomic E-state index is -3.53. The van der Waals surface area contributed by atoms with E-state index in [1.54, 1.807) is 0 Å². The van der Waals surface area contributed by atoms with Crippen LogP contribution in [0.25, 0.3) is 0 Å². The fourth-order valence-electron chi connectivity index (χ4n) is 4.77. The van der Waals surface area contributed by atoms with Crippen molar-refractivity contribution in [1.29, 1.82) is 0 Å². The number of fused-ring (bicyclic) bond motifs is 1. The van der Waals surface area contributed by atoms with Gasteiger partial charge in [0, 0.05) is 63.2 Å². The summed E-state index contributed by atoms with van der Waals surface area (Å²) >= 11 is 0. The van der Waals surface area contributed by atoms with Gasteiger partial charge in [0.05, 0.1) is 5.75 Å². The molecule has 0 bridgehead atoms. The van der Waals surface area contributed by atoms with Crippen molar-refractivity contribution in [3.8, 4) is 0 Å². The van der Waals surface area contributed by atoms with Crippen LogP contribution in [0.4, 0.5) is 5.82 Å². The largest absolute Gasteiger partial charge is 0.359 e. The van der Waals surface area contributed by atoms with E-state index < -0.39 is 10.0 Å². The van der Waals surface area contributed by atoms with Crippen LogP contribution in [0.1, 0.15) is 61.5 Å². The van der Waals surface area contributed by atoms with Gasteiger partial charge in [-0.1, -0.05) is 0 Å². The molecule has 4 heterocycles. The summed E-state index contributed by atoms with van der Waals surface area (Å²) in [5, 5.41) is 0. The van der Waals surface area contributed by atoms with E-state index in [0.717, 1.165) is 41.6 Å². The van der Waals surface area contributed by atoms with Crippen molar-refractivity contribution >= 4 is 27.7 Å². The summed E-state index contributed by atoms with van der Waals surface area (Å²) in [6, 6.07) is 0. The van der Waals surface area contributed by atoms with Crippen LogP contribution in [0, 0.1) is 6.92 Å². The van der Waals surface area contributed by atoms with Crippen LogP contribution in [0.3, 0.4) is 0 Å². The summed E-state index contributed by atoms with van der Waals surface area (Å²) in [5.41, 5.74) is 2.25. The molecule has 10 heteroatoms. The number of imide groups is 1. The summed E-state index contributed by atoms with van der Waals surface area (Å²) in [6.45, 7) is 3.78. The van der Waals surface area contributed by atoms with Crippen molar-refractivity contribution < 1.29 is 18.0 Å². The lowest BCUT2D eigenvalue weighted by atomic mass is 9.96. The van der Waals surface area contributed by atoms with E-state index in [1.165, 1.54) is 9.87 Å². The molecule has 0 N–H and O–H groups in total. The van der Waals surface area contributed by atoms with Crippen LogP contribution in [0.2, 0.25) is 0 Å². The zero-order valence-corrected chi connectivity index (χ0v) is 19.2. The molecular formula is C21H31N5O4S. The van der Waals surface area contributed by atoms with Crippen molar-refractivity contribution in [1.82, 2.24) is 19.2 Å². The number of nitrogens with zero attached hydrogens (tertiary/aromatic N) is 5. The first-order valence-corrected chi connectivity index (χ1v) is 12.8. The molecule has 0 aliphatic carbocycles. The van der Waals surface area contributed by atoms with E-state index in [-0.39, 0.29) is 30.0 Å². The fourth-order valence-corrected chi connectivity index (χ4v) is 6.21. The summed E-state index contributed by atoms with van der Waals surface area (Å²) in [6.07, 6.45) is 4.63. The SMILES string of the molecule is Cc1nc(C2CCN(S(=O)(=O)CCN3C(=O)CCCC3=O)CC2)nc2c1CCCN2C. The Morgan fingerprint density at radius 3 is 2.32 bits per heavy atom. The number of likely N-dealkylation sites (tertiary alicyclic amines) is 1. The highest BCUT2D eigenvalue weighted by Crippen LogP contribution is 2.32. The third-order valence-electron chi connectivity index (χ3n) is 6.66. The van der Waals surface area contributed by atoms with Gasteiger partial charge in [-0.25, -0.2) is 22.7 Å². The summed E-state index contributed by atoms with van der Waals surface area (Å²) < 4.78 is 27.1. The molecule has 1 aromatic heterocycles. The molecule has 0 aromatic carbocycles. The maximum Gasteiger partial charge on any atom is 0.229 e. The Morgan fingerprint density at radius 1 is 0.968 bits per heavy atom. The quantitative estimate of drug-likeness (QED) is 0.623. The van der Waals surface area contributed by atoms with Crippen LogP contribution in [0.5, 0.6) is 0 Å². The number of aryl methyl sites for hydroxylation is 1. The first kappa shape index (κ1) is 22.1. The number of hydrogen-bond acceptors (Lipinski definition) is 7. The van der Waals surface area contributed by atoms with E-state index in [0.29, 0.717) is 45.2 Å². The van der Waals surface area contributed by atoms with E-state index in [2.05, 4.69) is 11.9 Å². The number of piperidine rings is 2. The third-order valence-corrected chi connectivity index (χ3v) is 8.51. The summed E-state index contributed by atoms with van der Waals surface area (Å²) in [7, 11) is -1.47. The summed E-state index contributed by atoms with van der Waals surface area (Å²) in [4.78, 5) is 36.7. The molecule has 2 saturated heterocycles. The zero-order valence-electron chi connectivity index (χ0n) is 18.3. The molecule has 0 saturated carbocycles. The topological polar surface area (TPSA) is 104 Å². The highest BCUT2D eigenvalue weighted by molar-refractivity contribution is 7.89. The number of rotatable bonds is 5. The van der Waals surface area contributed by atoms with Gasteiger partial charge >= 0.3 is 0 Å². The van der Waals surface area contributed by atoms with Crippen molar-refractivity contribution in [2.24, 2.45) is 0 Å². The fraction of sp³-hybridized carbons (Fsp3) is 0.714. The van der Waals surface area contributed by atoms with E-state index >= 15 is 0 Å². The normalized spacial score (nSPS) is 21.5. The van der Waals surface area contributed by atoms with Crippen molar-refractivity contribution in [3.05, 3.63) is 17.1 Å². The van der Waals surface area contributed by atoms with Crippen LogP contribution in [-0.4, -0.2) is 78.4 Å². The molecule has 3 aliphatic heterocycles. The predicted molar refractivity (Wildman–Crippen MR) is 116 cm³/mol. The van der Waals surface area contributed by atoms with Crippen LogP contribution >= 0.6 is 0 Å². The molecule has 9 nitrogen and oxygen atoms in total. The van der Waals surface area contributed by atoms with Gasteiger partial charge in [-0.3, -0.25) is 14.5 Å². The maximum absolute atomic E-state index is 12.8. The average Bonchev–Trinajstić information content (AvgIpc) is 2.74. The number of carbonyl (C=O) groups is 2.